The van der Waals surface area contributed by atoms with Crippen LogP contribution in [-0.2, 0) is 9.30 Å². The fourth-order valence-corrected chi connectivity index (χ4v) is 3.53. The van der Waals surface area contributed by atoms with Crippen LogP contribution in [0.15, 0.2) is 54.9 Å². The molecule has 4 atom stereocenters. The van der Waals surface area contributed by atoms with E-state index in [-0.39, 0.29) is 17.0 Å². The molecule has 4 unspecified atom stereocenters. The van der Waals surface area contributed by atoms with Crippen molar-refractivity contribution >= 4 is 30.5 Å². The van der Waals surface area contributed by atoms with E-state index in [1.807, 2.05) is 0 Å². The lowest BCUT2D eigenvalue weighted by molar-refractivity contribution is -0.00168. The number of fused-ring (bicyclic) bond motifs is 1. The smallest absolute Gasteiger partial charge is 0.348 e. The predicted octanol–water partition coefficient (Wildman–Crippen LogP) is 1.37. The summed E-state index contributed by atoms with van der Waals surface area (Å²) < 4.78 is 32.4. The van der Waals surface area contributed by atoms with Gasteiger partial charge in [-0.2, -0.15) is 0 Å². The number of ether oxygens (including phenoxy) is 1. The summed E-state index contributed by atoms with van der Waals surface area (Å²) in [5.41, 5.74) is 0.712. The van der Waals surface area contributed by atoms with Crippen molar-refractivity contribution in [3.8, 4) is 0 Å². The lowest BCUT2D eigenvalue weighted by atomic mass is 10.1. The summed E-state index contributed by atoms with van der Waals surface area (Å²) in [5, 5.41) is 12.7. The lowest BCUT2D eigenvalue weighted by Gasteiger charge is -2.15. The van der Waals surface area contributed by atoms with E-state index >= 15 is 0 Å². The molecule has 3 heterocycles. The van der Waals surface area contributed by atoms with Gasteiger partial charge in [-0.25, -0.2) is 19.3 Å². The van der Waals surface area contributed by atoms with Crippen molar-refractivity contribution in [3.63, 3.8) is 0 Å². The molecule has 31 heavy (non-hydrogen) atoms. The summed E-state index contributed by atoms with van der Waals surface area (Å²) in [5.74, 6) is 0.222. The number of carbonyl (C=O) groups is 1. The van der Waals surface area contributed by atoms with Crippen molar-refractivity contribution in [2.45, 2.75) is 24.6 Å². The number of aromatic nitrogens is 4. The van der Waals surface area contributed by atoms with Gasteiger partial charge in [-0.1, -0.05) is 18.2 Å². The summed E-state index contributed by atoms with van der Waals surface area (Å²) in [6.07, 6.45) is -2.95. The third-order valence-electron chi connectivity index (χ3n) is 4.60. The molecular formula is C18H17FN5O6P. The molecule has 4 N–H and O–H groups in total. The molecule has 1 amide bonds. The second-order valence-corrected chi connectivity index (χ2v) is 8.20. The molecule has 0 spiro atoms. The average molecular weight is 449 g/mol. The lowest BCUT2D eigenvalue weighted by Crippen LogP contribution is -2.27. The van der Waals surface area contributed by atoms with Gasteiger partial charge in [0.1, 0.15) is 18.5 Å². The monoisotopic (exact) mass is 449 g/mol. The number of imidazole rings is 1. The van der Waals surface area contributed by atoms with Crippen molar-refractivity contribution in [3.05, 3.63) is 60.4 Å². The van der Waals surface area contributed by atoms with Crippen LogP contribution in [0.25, 0.3) is 11.2 Å². The van der Waals surface area contributed by atoms with E-state index < -0.39 is 38.1 Å². The van der Waals surface area contributed by atoms with Crippen LogP contribution in [0.1, 0.15) is 16.6 Å². The van der Waals surface area contributed by atoms with Crippen LogP contribution >= 0.6 is 7.60 Å². The Balaban J connectivity index is 1.61. The molecule has 11 nitrogen and oxygen atoms in total. The highest BCUT2D eigenvalue weighted by Gasteiger charge is 2.45. The van der Waals surface area contributed by atoms with Crippen LogP contribution in [0, 0.1) is 0 Å². The van der Waals surface area contributed by atoms with Crippen LogP contribution in [-0.4, -0.2) is 58.7 Å². The number of benzene rings is 1. The van der Waals surface area contributed by atoms with Crippen LogP contribution in [0.2, 0.25) is 0 Å². The van der Waals surface area contributed by atoms with Crippen LogP contribution in [0.5, 0.6) is 0 Å². The summed E-state index contributed by atoms with van der Waals surface area (Å²) in [6.45, 7) is 0. The number of halogens is 1. The minimum atomic E-state index is -4.50. The third kappa shape index (κ3) is 4.38. The van der Waals surface area contributed by atoms with Gasteiger partial charge < -0.3 is 24.9 Å². The molecule has 162 valence electrons. The zero-order chi connectivity index (χ0) is 22.2. The van der Waals surface area contributed by atoms with E-state index in [0.717, 1.165) is 12.4 Å². The number of hydrogen-bond acceptors (Lipinski definition) is 7. The van der Waals surface area contributed by atoms with Gasteiger partial charge in [0.25, 0.3) is 5.91 Å². The van der Waals surface area contributed by atoms with E-state index in [1.165, 1.54) is 10.9 Å². The molecule has 2 aromatic heterocycles. The fourth-order valence-electron chi connectivity index (χ4n) is 3.14. The van der Waals surface area contributed by atoms with Gasteiger partial charge in [0.05, 0.1) is 6.33 Å². The van der Waals surface area contributed by atoms with Crippen LogP contribution < -0.4 is 5.32 Å². The Morgan fingerprint density at radius 3 is 2.68 bits per heavy atom. The van der Waals surface area contributed by atoms with Gasteiger partial charge in [-0.05, 0) is 18.2 Å². The highest BCUT2D eigenvalue weighted by molar-refractivity contribution is 7.55. The first-order valence-electron chi connectivity index (χ1n) is 9.01. The highest BCUT2D eigenvalue weighted by Crippen LogP contribution is 2.39. The quantitative estimate of drug-likeness (QED) is 0.422. The van der Waals surface area contributed by atoms with E-state index in [0.29, 0.717) is 11.4 Å². The number of aliphatic hydroxyl groups is 1. The number of nitrogens with one attached hydrogen (secondary N) is 1. The van der Waals surface area contributed by atoms with Crippen molar-refractivity contribution in [1.29, 1.82) is 0 Å². The summed E-state index contributed by atoms with van der Waals surface area (Å²) in [7, 11) is -4.50. The number of anilines is 1. The van der Waals surface area contributed by atoms with E-state index in [2.05, 4.69) is 20.3 Å². The minimum Gasteiger partial charge on any atom is -0.387 e. The number of hydrogen-bond donors (Lipinski definition) is 4. The average Bonchev–Trinajstić information content (AvgIpc) is 3.29. The molecule has 1 fully saturated rings. The number of amides is 1. The second-order valence-electron chi connectivity index (χ2n) is 6.72. The SMILES string of the molecule is O=C(Nc1ncnc2c1ncn2C1OC(C=CP(=O)(O)O)C(O)C1F)c1ccccc1. The molecule has 0 bridgehead atoms. The molecule has 1 saturated heterocycles. The summed E-state index contributed by atoms with van der Waals surface area (Å²) in [6, 6.07) is 8.44. The Bertz CT molecular complexity index is 1180. The summed E-state index contributed by atoms with van der Waals surface area (Å²) >= 11 is 0. The van der Waals surface area contributed by atoms with Crippen LogP contribution in [0.4, 0.5) is 10.2 Å². The number of alkyl halides is 1. The van der Waals surface area contributed by atoms with Crippen LogP contribution in [0.3, 0.4) is 0 Å². The second kappa shape index (κ2) is 8.25. The van der Waals surface area contributed by atoms with E-state index in [4.69, 9.17) is 14.5 Å². The predicted molar refractivity (Wildman–Crippen MR) is 106 cm³/mol. The Kier molecular flexibility index (Phi) is 5.65. The molecule has 0 radical (unpaired) electrons. The van der Waals surface area contributed by atoms with Crippen molar-refractivity contribution in [2.24, 2.45) is 0 Å². The van der Waals surface area contributed by atoms with Gasteiger partial charge >= 0.3 is 7.60 Å². The Morgan fingerprint density at radius 2 is 1.97 bits per heavy atom. The minimum absolute atomic E-state index is 0.101. The van der Waals surface area contributed by atoms with Crippen molar-refractivity contribution < 1.29 is 33.4 Å². The Labute approximate surface area is 174 Å². The van der Waals surface area contributed by atoms with Gasteiger partial charge in [0.2, 0.25) is 0 Å². The summed E-state index contributed by atoms with van der Waals surface area (Å²) in [4.78, 5) is 42.5. The first-order valence-corrected chi connectivity index (χ1v) is 10.7. The van der Waals surface area contributed by atoms with E-state index in [1.54, 1.807) is 30.3 Å². The molecular weight excluding hydrogens is 432 g/mol. The maximum Gasteiger partial charge on any atom is 0.348 e. The van der Waals surface area contributed by atoms with Gasteiger partial charge in [0, 0.05) is 11.4 Å². The highest BCUT2D eigenvalue weighted by atomic mass is 31.2. The third-order valence-corrected chi connectivity index (χ3v) is 5.16. The van der Waals surface area contributed by atoms with Gasteiger partial charge in [-0.15, -0.1) is 0 Å². The Hall–Kier alpha value is -3.02. The molecule has 1 aliphatic heterocycles. The maximum absolute atomic E-state index is 14.7. The maximum atomic E-state index is 14.7. The van der Waals surface area contributed by atoms with Crippen molar-refractivity contribution in [1.82, 2.24) is 19.5 Å². The molecule has 3 aromatic rings. The number of rotatable bonds is 5. The molecule has 4 rings (SSSR count). The number of aliphatic hydroxyl groups excluding tert-OH is 1. The number of carbonyl (C=O) groups excluding carboxylic acids is 1. The number of nitrogens with zero attached hydrogens (tertiary/aromatic N) is 4. The topological polar surface area (TPSA) is 160 Å². The molecule has 0 saturated carbocycles. The fraction of sp³-hybridized carbons (Fsp3) is 0.222. The molecule has 1 aromatic carbocycles. The Morgan fingerprint density at radius 1 is 1.23 bits per heavy atom. The van der Waals surface area contributed by atoms with E-state index in [9.17, 15) is 18.9 Å². The standard InChI is InChI=1S/C18H17FN5O6P/c19-12-14(25)11(6-7-31(27,28)29)30-18(12)24-9-22-13-15(20-8-21-16(13)24)23-17(26)10-4-2-1-3-5-10/h1-9,11-12,14,18,25H,(H2,27,28,29)(H,20,21,23,26). The van der Waals surface area contributed by atoms with Gasteiger partial charge in [0.15, 0.2) is 29.4 Å². The van der Waals surface area contributed by atoms with Gasteiger partial charge in [-0.3, -0.25) is 13.9 Å². The molecule has 0 aliphatic carbocycles. The largest absolute Gasteiger partial charge is 0.387 e. The molecule has 13 heteroatoms. The normalized spacial score (nSPS) is 24.1. The molecule has 1 aliphatic rings. The zero-order valence-corrected chi connectivity index (χ0v) is 16.6. The zero-order valence-electron chi connectivity index (χ0n) is 15.7. The van der Waals surface area contributed by atoms with Crippen molar-refractivity contribution in [2.75, 3.05) is 5.32 Å². The first kappa shape index (κ1) is 21.2. The first-order chi connectivity index (χ1) is 14.7.